The Labute approximate surface area is 386 Å². The van der Waals surface area contributed by atoms with Gasteiger partial charge in [-0.15, -0.1) is 0 Å². The van der Waals surface area contributed by atoms with E-state index in [1.165, 1.54) is 72.1 Å². The Hall–Kier alpha value is -7.94. The van der Waals surface area contributed by atoms with Gasteiger partial charge in [-0.3, -0.25) is 0 Å². The first-order valence-corrected chi connectivity index (χ1v) is 23.2. The van der Waals surface area contributed by atoms with E-state index < -0.39 is 0 Å². The molecule has 0 saturated carbocycles. The van der Waals surface area contributed by atoms with E-state index in [0.717, 1.165) is 55.5 Å². The van der Waals surface area contributed by atoms with E-state index >= 15 is 0 Å². The number of anilines is 3. The smallest absolute Gasteiger partial charge is 0.143 e. The van der Waals surface area contributed by atoms with Gasteiger partial charge in [-0.05, 0) is 115 Å². The maximum Gasteiger partial charge on any atom is 0.143 e. The molecule has 0 amide bonds. The van der Waals surface area contributed by atoms with Gasteiger partial charge >= 0.3 is 0 Å². The Bertz CT molecular complexity index is 3770. The second kappa shape index (κ2) is 14.3. The summed E-state index contributed by atoms with van der Waals surface area (Å²) >= 11 is 0. The summed E-state index contributed by atoms with van der Waals surface area (Å²) in [4.78, 5) is 2.50. The summed E-state index contributed by atoms with van der Waals surface area (Å²) in [7, 11) is 0. The molecule has 0 fully saturated rings. The maximum atomic E-state index is 6.63. The molecule has 1 aromatic heterocycles. The Kier molecular flexibility index (Phi) is 8.33. The van der Waals surface area contributed by atoms with Crippen LogP contribution >= 0.6 is 0 Å². The average molecular weight is 846 g/mol. The fourth-order valence-electron chi connectivity index (χ4n) is 11.7. The third kappa shape index (κ3) is 5.55. The van der Waals surface area contributed by atoms with Crippen LogP contribution in [0.1, 0.15) is 49.9 Å². The summed E-state index contributed by atoms with van der Waals surface area (Å²) in [6.45, 7) is 9.50. The van der Waals surface area contributed by atoms with Crippen molar-refractivity contribution < 1.29 is 4.42 Å². The molecule has 1 heterocycles. The van der Waals surface area contributed by atoms with Gasteiger partial charge in [-0.1, -0.05) is 198 Å². The molecule has 2 aliphatic rings. The zero-order valence-electron chi connectivity index (χ0n) is 37.6. The Morgan fingerprint density at radius 3 is 1.68 bits per heavy atom. The lowest BCUT2D eigenvalue weighted by Gasteiger charge is -2.32. The summed E-state index contributed by atoms with van der Waals surface area (Å²) in [5.74, 6) is 0. The van der Waals surface area contributed by atoms with Crippen LogP contribution in [0, 0.1) is 0 Å². The van der Waals surface area contributed by atoms with Gasteiger partial charge in [-0.2, -0.15) is 0 Å². The Morgan fingerprint density at radius 1 is 0.364 bits per heavy atom. The van der Waals surface area contributed by atoms with Crippen LogP contribution < -0.4 is 4.90 Å². The molecule has 11 aromatic rings. The van der Waals surface area contributed by atoms with Gasteiger partial charge in [0.25, 0.3) is 0 Å². The summed E-state index contributed by atoms with van der Waals surface area (Å²) in [6, 6.07) is 78.3. The quantitative estimate of drug-likeness (QED) is 0.166. The predicted molar refractivity (Wildman–Crippen MR) is 277 cm³/mol. The summed E-state index contributed by atoms with van der Waals surface area (Å²) in [6.07, 6.45) is 0. The molecule has 0 spiro atoms. The number of furan rings is 1. The van der Waals surface area contributed by atoms with Gasteiger partial charge < -0.3 is 9.32 Å². The van der Waals surface area contributed by atoms with Crippen molar-refractivity contribution in [3.8, 4) is 55.6 Å². The third-order valence-electron chi connectivity index (χ3n) is 14.9. The number of hydrogen-bond donors (Lipinski definition) is 0. The molecule has 2 aliphatic carbocycles. The van der Waals surface area contributed by atoms with E-state index in [1.807, 2.05) is 0 Å². The minimum Gasteiger partial charge on any atom is -0.455 e. The van der Waals surface area contributed by atoms with Crippen molar-refractivity contribution in [2.75, 3.05) is 4.90 Å². The molecule has 0 radical (unpaired) electrons. The number of nitrogens with zero attached hydrogens (tertiary/aromatic N) is 1. The van der Waals surface area contributed by atoms with Gasteiger partial charge in [0, 0.05) is 43.8 Å². The van der Waals surface area contributed by atoms with Crippen molar-refractivity contribution in [2.24, 2.45) is 0 Å². The van der Waals surface area contributed by atoms with Crippen molar-refractivity contribution in [3.63, 3.8) is 0 Å². The fraction of sp³-hybridized carbons (Fsp3) is 0.0938. The zero-order chi connectivity index (χ0) is 44.3. The molecule has 10 aromatic carbocycles. The SMILES string of the molecule is CC1(C)c2ccccc2-c2ccc(-c3ccccc3N(c3ccc(-c4cccc5oc6c7ccccc7ccc6c45)cc3)c3ccccc3-c3cccc4c3C(C)(C)c3ccccc3-4)cc21. The monoisotopic (exact) mass is 845 g/mol. The van der Waals surface area contributed by atoms with Crippen molar-refractivity contribution in [1.82, 2.24) is 0 Å². The van der Waals surface area contributed by atoms with Crippen LogP contribution in [-0.4, -0.2) is 0 Å². The van der Waals surface area contributed by atoms with Crippen molar-refractivity contribution in [3.05, 3.63) is 235 Å². The highest BCUT2D eigenvalue weighted by Crippen LogP contribution is 2.55. The number of fused-ring (bicyclic) bond motifs is 11. The molecule has 13 rings (SSSR count). The van der Waals surface area contributed by atoms with Gasteiger partial charge in [0.1, 0.15) is 11.2 Å². The van der Waals surface area contributed by atoms with E-state index in [0.29, 0.717) is 0 Å². The Morgan fingerprint density at radius 2 is 0.909 bits per heavy atom. The molecule has 0 atom stereocenters. The lowest BCUT2D eigenvalue weighted by atomic mass is 9.78. The molecule has 314 valence electrons. The molecular formula is C64H47NO. The van der Waals surface area contributed by atoms with Gasteiger partial charge in [0.05, 0.1) is 11.4 Å². The highest BCUT2D eigenvalue weighted by molar-refractivity contribution is 6.19. The molecular weight excluding hydrogens is 799 g/mol. The normalized spacial score (nSPS) is 14.0. The largest absolute Gasteiger partial charge is 0.455 e. The lowest BCUT2D eigenvalue weighted by molar-refractivity contribution is 0.660. The van der Waals surface area contributed by atoms with Gasteiger partial charge in [0.15, 0.2) is 0 Å². The predicted octanol–water partition coefficient (Wildman–Crippen LogP) is 17.8. The first kappa shape index (κ1) is 38.5. The molecule has 2 nitrogen and oxygen atoms in total. The van der Waals surface area contributed by atoms with Crippen LogP contribution in [0.3, 0.4) is 0 Å². The van der Waals surface area contributed by atoms with Crippen molar-refractivity contribution in [2.45, 2.75) is 38.5 Å². The van der Waals surface area contributed by atoms with E-state index in [-0.39, 0.29) is 10.8 Å². The average Bonchev–Trinajstić information content (AvgIpc) is 3.95. The van der Waals surface area contributed by atoms with E-state index in [1.54, 1.807) is 0 Å². The lowest BCUT2D eigenvalue weighted by Crippen LogP contribution is -2.17. The molecule has 66 heavy (non-hydrogen) atoms. The molecule has 2 heteroatoms. The second-order valence-electron chi connectivity index (χ2n) is 19.2. The molecule has 0 N–H and O–H groups in total. The van der Waals surface area contributed by atoms with Crippen molar-refractivity contribution >= 4 is 49.8 Å². The van der Waals surface area contributed by atoms with Crippen LogP contribution in [0.5, 0.6) is 0 Å². The highest BCUT2D eigenvalue weighted by Gasteiger charge is 2.38. The Balaban J connectivity index is 1.01. The third-order valence-corrected chi connectivity index (χ3v) is 14.9. The van der Waals surface area contributed by atoms with Gasteiger partial charge in [-0.25, -0.2) is 0 Å². The zero-order valence-corrected chi connectivity index (χ0v) is 37.6. The maximum absolute atomic E-state index is 6.63. The minimum absolute atomic E-state index is 0.118. The standard InChI is InChI=1S/C64H47NO/c1-63(2)54-26-11-7-20-47(54)49-37-34-42(39-56(49)63)44-18-9-13-28-57(44)65(58-29-14-10-22-50(58)52-25-15-24-51-48-21-8-12-27-55(48)64(3,4)61(51)52)43-35-31-41(32-36-43)45-23-16-30-59-60(45)53-38-33-40-17-5-6-19-46(40)62(53)66-59/h5-39H,1-4H3. The molecule has 0 aliphatic heterocycles. The fourth-order valence-corrected chi connectivity index (χ4v) is 11.7. The number of rotatable bonds is 6. The van der Waals surface area contributed by atoms with Crippen LogP contribution in [0.25, 0.3) is 88.3 Å². The van der Waals surface area contributed by atoms with Crippen molar-refractivity contribution in [1.29, 1.82) is 0 Å². The summed E-state index contributed by atoms with van der Waals surface area (Å²) < 4.78 is 6.63. The number of para-hydroxylation sites is 2. The molecule has 0 saturated heterocycles. The highest BCUT2D eigenvalue weighted by atomic mass is 16.3. The first-order chi connectivity index (χ1) is 32.3. The summed E-state index contributed by atoms with van der Waals surface area (Å²) in [5, 5.41) is 4.59. The second-order valence-corrected chi connectivity index (χ2v) is 19.2. The molecule has 0 bridgehead atoms. The van der Waals surface area contributed by atoms with E-state index in [4.69, 9.17) is 4.42 Å². The van der Waals surface area contributed by atoms with E-state index in [2.05, 4.69) is 245 Å². The summed E-state index contributed by atoms with van der Waals surface area (Å²) in [5.41, 5.74) is 22.8. The van der Waals surface area contributed by atoms with E-state index in [9.17, 15) is 0 Å². The van der Waals surface area contributed by atoms with Gasteiger partial charge in [0.2, 0.25) is 0 Å². The van der Waals surface area contributed by atoms with Crippen LogP contribution in [-0.2, 0) is 10.8 Å². The number of benzene rings is 10. The van der Waals surface area contributed by atoms with Crippen LogP contribution in [0.15, 0.2) is 217 Å². The van der Waals surface area contributed by atoms with Crippen LogP contribution in [0.4, 0.5) is 17.1 Å². The topological polar surface area (TPSA) is 16.4 Å². The number of hydrogen-bond acceptors (Lipinski definition) is 2. The molecule has 0 unspecified atom stereocenters. The van der Waals surface area contributed by atoms with Crippen LogP contribution in [0.2, 0.25) is 0 Å². The first-order valence-electron chi connectivity index (χ1n) is 23.2. The minimum atomic E-state index is -0.181.